The molecule has 0 aromatic heterocycles. The number of hydrogen-bond acceptors (Lipinski definition) is 4. The standard InChI is InChI=1S/C6H14.In.H3O2PS2/c1-5(2)6(3)4;;1-3(2,4)5/h5-6H,1-4H3;;(H3,1,2,4,5)/q;+3;/p-3. The van der Waals surface area contributed by atoms with E-state index in [1.165, 1.54) is 0 Å². The quantitative estimate of drug-likeness (QED) is 0.540. The van der Waals surface area contributed by atoms with Crippen LogP contribution in [-0.2, 0) is 29.1 Å². The van der Waals surface area contributed by atoms with Gasteiger partial charge in [0.2, 0.25) is 0 Å². The van der Waals surface area contributed by atoms with Gasteiger partial charge in [0.25, 0.3) is 0 Å². The average molecular weight is 328 g/mol. The van der Waals surface area contributed by atoms with Gasteiger partial charge in [-0.3, -0.25) is 5.77 Å². The minimum absolute atomic E-state index is 0. The number of rotatable bonds is 1. The van der Waals surface area contributed by atoms with E-state index >= 15 is 0 Å². The van der Waals surface area contributed by atoms with Gasteiger partial charge in [-0.25, -0.2) is 0 Å². The maximum Gasteiger partial charge on any atom is 3.00 e. The van der Waals surface area contributed by atoms with Crippen molar-refractivity contribution in [2.24, 2.45) is 11.8 Å². The summed E-state index contributed by atoms with van der Waals surface area (Å²) in [5.74, 6) is -2.02. The third kappa shape index (κ3) is 41.0. The van der Waals surface area contributed by atoms with Crippen LogP contribution < -0.4 is 4.89 Å². The van der Waals surface area contributed by atoms with Crippen molar-refractivity contribution >= 4 is 56.1 Å². The SMILES string of the molecule is CC(C)C(C)C.O=P([O-])([S-])[S-].[In+3]. The fourth-order valence-electron chi connectivity index (χ4n) is 0. The molecule has 0 aromatic rings. The van der Waals surface area contributed by atoms with Gasteiger partial charge in [-0.2, -0.15) is 0 Å². The third-order valence-electron chi connectivity index (χ3n) is 1.33. The molecule has 12 heavy (non-hydrogen) atoms. The molecule has 70 valence electrons. The molecule has 0 atom stereocenters. The molecule has 0 aliphatic rings. The molecule has 0 spiro atoms. The minimum atomic E-state index is -3.72. The minimum Gasteiger partial charge on any atom is -0.835 e. The second kappa shape index (κ2) is 9.32. The Morgan fingerprint density at radius 1 is 1.08 bits per heavy atom. The summed E-state index contributed by atoms with van der Waals surface area (Å²) in [6.45, 7) is 8.96. The van der Waals surface area contributed by atoms with Crippen molar-refractivity contribution in [3.05, 3.63) is 0 Å². The van der Waals surface area contributed by atoms with Crippen LogP contribution >= 0.6 is 5.77 Å². The van der Waals surface area contributed by atoms with E-state index in [2.05, 4.69) is 52.2 Å². The van der Waals surface area contributed by atoms with Crippen LogP contribution in [0.25, 0.3) is 0 Å². The molecule has 0 fully saturated rings. The Morgan fingerprint density at radius 3 is 1.17 bits per heavy atom. The average Bonchev–Trinajstić information content (AvgIpc) is 1.59. The second-order valence-corrected chi connectivity index (χ2v) is 7.41. The zero-order valence-corrected chi connectivity index (χ0v) is 13.6. The normalized spacial score (nSPS) is 10.4. The smallest absolute Gasteiger partial charge is 0.835 e. The summed E-state index contributed by atoms with van der Waals surface area (Å²) >= 11 is 7.28. The first-order valence-corrected chi connectivity index (χ1v) is 7.02. The Balaban J connectivity index is -0.000000126. The second-order valence-electron chi connectivity index (χ2n) is 2.94. The summed E-state index contributed by atoms with van der Waals surface area (Å²) in [6.07, 6.45) is 0. The molecule has 0 radical (unpaired) electrons. The molecule has 0 rings (SSSR count). The van der Waals surface area contributed by atoms with Crippen molar-refractivity contribution in [2.45, 2.75) is 27.7 Å². The molecule has 0 aliphatic heterocycles. The van der Waals surface area contributed by atoms with Crippen LogP contribution in [-0.4, -0.2) is 25.8 Å². The molecule has 0 N–H and O–H groups in total. The van der Waals surface area contributed by atoms with Crippen LogP contribution in [0.1, 0.15) is 27.7 Å². The van der Waals surface area contributed by atoms with Crippen molar-refractivity contribution in [3.8, 4) is 0 Å². The van der Waals surface area contributed by atoms with Crippen LogP contribution in [0.3, 0.4) is 0 Å². The molecule has 2 nitrogen and oxygen atoms in total. The summed E-state index contributed by atoms with van der Waals surface area (Å²) in [4.78, 5) is 9.29. The monoisotopic (exact) mass is 328 g/mol. The van der Waals surface area contributed by atoms with Crippen LogP contribution in [0.4, 0.5) is 0 Å². The molecule has 0 saturated carbocycles. The fourth-order valence-corrected chi connectivity index (χ4v) is 0. The first-order chi connectivity index (χ1) is 4.64. The van der Waals surface area contributed by atoms with Gasteiger partial charge in [0.05, 0.1) is 0 Å². The van der Waals surface area contributed by atoms with Crippen LogP contribution in [0.2, 0.25) is 0 Å². The zero-order valence-electron chi connectivity index (χ0n) is 7.81. The van der Waals surface area contributed by atoms with E-state index < -0.39 is 5.77 Å². The van der Waals surface area contributed by atoms with E-state index in [-0.39, 0.29) is 25.8 Å². The van der Waals surface area contributed by atoms with Crippen molar-refractivity contribution in [3.63, 3.8) is 0 Å². The first-order valence-electron chi connectivity index (χ1n) is 3.37. The van der Waals surface area contributed by atoms with Gasteiger partial charge in [0.1, 0.15) is 0 Å². The first kappa shape index (κ1) is 19.4. The maximum atomic E-state index is 9.29. The molecule has 0 amide bonds. The summed E-state index contributed by atoms with van der Waals surface area (Å²) in [5, 5.41) is 0. The zero-order chi connectivity index (χ0) is 9.65. The molecule has 6 heteroatoms. The van der Waals surface area contributed by atoms with E-state index in [9.17, 15) is 9.46 Å². The Kier molecular flexibility index (Phi) is 15.0. The Hall–Kier alpha value is 1.76. The van der Waals surface area contributed by atoms with E-state index in [0.29, 0.717) is 0 Å². The summed E-state index contributed by atoms with van der Waals surface area (Å²) in [5.41, 5.74) is 0. The van der Waals surface area contributed by atoms with E-state index in [1.54, 1.807) is 0 Å². The molecule has 0 aromatic carbocycles. The maximum absolute atomic E-state index is 9.29. The predicted molar refractivity (Wildman–Crippen MR) is 57.8 cm³/mol. The largest absolute Gasteiger partial charge is 3.00 e. The van der Waals surface area contributed by atoms with Gasteiger partial charge in [-0.05, 0) is 11.8 Å². The summed E-state index contributed by atoms with van der Waals surface area (Å²) in [6, 6.07) is 0. The van der Waals surface area contributed by atoms with Gasteiger partial charge in [0.15, 0.2) is 0 Å². The van der Waals surface area contributed by atoms with E-state index in [0.717, 1.165) is 11.8 Å². The van der Waals surface area contributed by atoms with Gasteiger partial charge < -0.3 is 34.0 Å². The Morgan fingerprint density at radius 2 is 1.17 bits per heavy atom. The topological polar surface area (TPSA) is 40.1 Å². The van der Waals surface area contributed by atoms with Gasteiger partial charge in [0, 0.05) is 0 Å². The molecule has 0 bridgehead atoms. The molecule has 0 unspecified atom stereocenters. The Labute approximate surface area is 104 Å². The summed E-state index contributed by atoms with van der Waals surface area (Å²) in [7, 11) is 0. The molecule has 0 heterocycles. The van der Waals surface area contributed by atoms with Gasteiger partial charge >= 0.3 is 25.8 Å². The predicted octanol–water partition coefficient (Wildman–Crippen LogP) is 1.47. The van der Waals surface area contributed by atoms with E-state index in [4.69, 9.17) is 0 Å². The summed E-state index contributed by atoms with van der Waals surface area (Å²) < 4.78 is 9.29. The molecule has 0 saturated heterocycles. The van der Waals surface area contributed by atoms with Crippen LogP contribution in [0.5, 0.6) is 0 Å². The van der Waals surface area contributed by atoms with Gasteiger partial charge in [-0.1, -0.05) is 27.7 Å². The van der Waals surface area contributed by atoms with Crippen LogP contribution in [0, 0.1) is 11.8 Å². The van der Waals surface area contributed by atoms with Crippen molar-refractivity contribution in [1.29, 1.82) is 0 Å². The van der Waals surface area contributed by atoms with Crippen molar-refractivity contribution in [2.75, 3.05) is 0 Å². The van der Waals surface area contributed by atoms with Gasteiger partial charge in [-0.15, -0.1) is 0 Å². The Bertz CT molecular complexity index is 121. The third-order valence-corrected chi connectivity index (χ3v) is 1.33. The van der Waals surface area contributed by atoms with Crippen molar-refractivity contribution < 1.29 is 9.46 Å². The number of hydrogen-bond donors (Lipinski definition) is 0. The fraction of sp³-hybridized carbons (Fsp3) is 1.00. The molecular formula is C6H14InO2PS2. The molecule has 0 aliphatic carbocycles. The van der Waals surface area contributed by atoms with E-state index in [1.807, 2.05) is 0 Å². The molecular weight excluding hydrogens is 314 g/mol. The van der Waals surface area contributed by atoms with Crippen molar-refractivity contribution in [1.82, 2.24) is 0 Å². The van der Waals surface area contributed by atoms with Crippen LogP contribution in [0.15, 0.2) is 0 Å².